The van der Waals surface area contributed by atoms with Gasteiger partial charge in [-0.1, -0.05) is 35.9 Å². The summed E-state index contributed by atoms with van der Waals surface area (Å²) >= 11 is 0. The molecule has 0 unspecified atom stereocenters. The molecular formula is C21H26N6O. The quantitative estimate of drug-likeness (QED) is 0.488. The van der Waals surface area contributed by atoms with Gasteiger partial charge in [0, 0.05) is 19.3 Å². The van der Waals surface area contributed by atoms with Crippen molar-refractivity contribution >= 4 is 5.96 Å². The molecule has 0 saturated carbocycles. The smallest absolute Gasteiger partial charge is 0.191 e. The fraction of sp³-hybridized carbons (Fsp3) is 0.286. The molecule has 0 aliphatic rings. The van der Waals surface area contributed by atoms with Gasteiger partial charge in [0.25, 0.3) is 0 Å². The Labute approximate surface area is 165 Å². The Morgan fingerprint density at radius 1 is 1.14 bits per heavy atom. The second kappa shape index (κ2) is 9.55. The van der Waals surface area contributed by atoms with Crippen molar-refractivity contribution in [3.05, 3.63) is 71.8 Å². The molecule has 0 saturated heterocycles. The van der Waals surface area contributed by atoms with Gasteiger partial charge in [-0.05, 0) is 37.1 Å². The lowest BCUT2D eigenvalue weighted by Gasteiger charge is -2.14. The first kappa shape index (κ1) is 19.4. The van der Waals surface area contributed by atoms with E-state index >= 15 is 0 Å². The Hall–Kier alpha value is -3.35. The zero-order chi connectivity index (χ0) is 19.8. The predicted molar refractivity (Wildman–Crippen MR) is 111 cm³/mol. The molecular weight excluding hydrogens is 352 g/mol. The molecule has 0 aliphatic heterocycles. The van der Waals surface area contributed by atoms with Gasteiger partial charge in [0.2, 0.25) is 0 Å². The van der Waals surface area contributed by atoms with Crippen molar-refractivity contribution in [3.8, 4) is 11.4 Å². The SMILES string of the molecule is CN=C(NCCc1cc(C)ccc1OC)NCc1nncn1-c1ccccc1. The van der Waals surface area contributed by atoms with Gasteiger partial charge in [0.15, 0.2) is 11.8 Å². The van der Waals surface area contributed by atoms with Gasteiger partial charge >= 0.3 is 0 Å². The van der Waals surface area contributed by atoms with E-state index in [0.717, 1.165) is 30.2 Å². The number of aryl methyl sites for hydroxylation is 1. The number of hydrogen-bond donors (Lipinski definition) is 2. The highest BCUT2D eigenvalue weighted by atomic mass is 16.5. The monoisotopic (exact) mass is 378 g/mol. The third-order valence-corrected chi connectivity index (χ3v) is 4.41. The minimum absolute atomic E-state index is 0.516. The maximum atomic E-state index is 5.44. The van der Waals surface area contributed by atoms with Gasteiger partial charge < -0.3 is 15.4 Å². The summed E-state index contributed by atoms with van der Waals surface area (Å²) in [7, 11) is 3.45. The van der Waals surface area contributed by atoms with E-state index in [1.165, 1.54) is 11.1 Å². The van der Waals surface area contributed by atoms with Crippen LogP contribution in [0.15, 0.2) is 59.9 Å². The Morgan fingerprint density at radius 2 is 1.96 bits per heavy atom. The number of ether oxygens (including phenoxy) is 1. The predicted octanol–water partition coefficient (Wildman–Crippen LogP) is 2.49. The number of rotatable bonds is 7. The van der Waals surface area contributed by atoms with Crippen LogP contribution in [-0.2, 0) is 13.0 Å². The number of aliphatic imine (C=N–C) groups is 1. The van der Waals surface area contributed by atoms with E-state index in [0.29, 0.717) is 12.5 Å². The number of nitrogens with zero attached hydrogens (tertiary/aromatic N) is 4. The Balaban J connectivity index is 1.55. The summed E-state index contributed by atoms with van der Waals surface area (Å²) in [6, 6.07) is 16.2. The molecule has 0 bridgehead atoms. The maximum absolute atomic E-state index is 5.44. The van der Waals surface area contributed by atoms with Crippen LogP contribution in [0.25, 0.3) is 5.69 Å². The largest absolute Gasteiger partial charge is 0.496 e. The fourth-order valence-corrected chi connectivity index (χ4v) is 2.99. The third-order valence-electron chi connectivity index (χ3n) is 4.41. The van der Waals surface area contributed by atoms with Crippen LogP contribution in [0.1, 0.15) is 17.0 Å². The molecule has 0 amide bonds. The molecule has 146 valence electrons. The van der Waals surface area contributed by atoms with Crippen LogP contribution in [0.4, 0.5) is 0 Å². The zero-order valence-electron chi connectivity index (χ0n) is 16.5. The lowest BCUT2D eigenvalue weighted by molar-refractivity contribution is 0.409. The van der Waals surface area contributed by atoms with Crippen molar-refractivity contribution in [3.63, 3.8) is 0 Å². The lowest BCUT2D eigenvalue weighted by atomic mass is 10.1. The van der Waals surface area contributed by atoms with E-state index in [1.54, 1.807) is 20.5 Å². The lowest BCUT2D eigenvalue weighted by Crippen LogP contribution is -2.38. The first-order valence-electron chi connectivity index (χ1n) is 9.23. The first-order valence-corrected chi connectivity index (χ1v) is 9.23. The van der Waals surface area contributed by atoms with Crippen LogP contribution < -0.4 is 15.4 Å². The Bertz CT molecular complexity index is 920. The molecule has 1 aromatic heterocycles. The molecule has 0 atom stereocenters. The average molecular weight is 378 g/mol. The van der Waals surface area contributed by atoms with Crippen molar-refractivity contribution in [1.82, 2.24) is 25.4 Å². The maximum Gasteiger partial charge on any atom is 0.191 e. The number of benzene rings is 2. The Morgan fingerprint density at radius 3 is 2.71 bits per heavy atom. The van der Waals surface area contributed by atoms with Crippen LogP contribution in [0, 0.1) is 6.92 Å². The van der Waals surface area contributed by atoms with Crippen molar-refractivity contribution in [2.45, 2.75) is 19.9 Å². The minimum Gasteiger partial charge on any atom is -0.496 e. The number of guanidine groups is 1. The molecule has 0 radical (unpaired) electrons. The molecule has 7 heteroatoms. The summed E-state index contributed by atoms with van der Waals surface area (Å²) in [5, 5.41) is 14.9. The number of para-hydroxylation sites is 1. The number of aromatic nitrogens is 3. The summed E-state index contributed by atoms with van der Waals surface area (Å²) in [4.78, 5) is 4.29. The van der Waals surface area contributed by atoms with E-state index in [1.807, 2.05) is 41.0 Å². The summed E-state index contributed by atoms with van der Waals surface area (Å²) in [6.45, 7) is 3.34. The molecule has 1 heterocycles. The highest BCUT2D eigenvalue weighted by Crippen LogP contribution is 2.19. The van der Waals surface area contributed by atoms with Gasteiger partial charge in [-0.3, -0.25) is 9.56 Å². The van der Waals surface area contributed by atoms with Gasteiger partial charge in [-0.25, -0.2) is 0 Å². The molecule has 0 spiro atoms. The standard InChI is InChI=1S/C21H26N6O/c1-16-9-10-19(28-3)17(13-16)11-12-23-21(22-2)24-14-20-26-25-15-27(20)18-7-5-4-6-8-18/h4-10,13,15H,11-12,14H2,1-3H3,(H2,22,23,24). The van der Waals surface area contributed by atoms with E-state index in [4.69, 9.17) is 4.74 Å². The molecule has 7 nitrogen and oxygen atoms in total. The van der Waals surface area contributed by atoms with Crippen LogP contribution in [0.5, 0.6) is 5.75 Å². The molecule has 3 aromatic rings. The average Bonchev–Trinajstić information content (AvgIpc) is 3.20. The summed E-state index contributed by atoms with van der Waals surface area (Å²) in [6.07, 6.45) is 2.55. The van der Waals surface area contributed by atoms with Crippen LogP contribution in [0.2, 0.25) is 0 Å². The van der Waals surface area contributed by atoms with Crippen molar-refractivity contribution < 1.29 is 4.74 Å². The summed E-state index contributed by atoms with van der Waals surface area (Å²) in [5.74, 6) is 2.44. The molecule has 2 aromatic carbocycles. The van der Waals surface area contributed by atoms with Crippen molar-refractivity contribution in [1.29, 1.82) is 0 Å². The summed E-state index contributed by atoms with van der Waals surface area (Å²) in [5.41, 5.74) is 3.42. The zero-order valence-corrected chi connectivity index (χ0v) is 16.5. The van der Waals surface area contributed by atoms with Gasteiger partial charge in [0.1, 0.15) is 12.1 Å². The topological polar surface area (TPSA) is 76.4 Å². The fourth-order valence-electron chi connectivity index (χ4n) is 2.99. The van der Waals surface area contributed by atoms with E-state index in [2.05, 4.69) is 44.9 Å². The molecule has 0 fully saturated rings. The van der Waals surface area contributed by atoms with Crippen molar-refractivity contribution in [2.24, 2.45) is 4.99 Å². The third kappa shape index (κ3) is 4.88. The van der Waals surface area contributed by atoms with Gasteiger partial charge in [-0.2, -0.15) is 0 Å². The number of hydrogen-bond acceptors (Lipinski definition) is 4. The van der Waals surface area contributed by atoms with E-state index < -0.39 is 0 Å². The molecule has 2 N–H and O–H groups in total. The number of nitrogens with one attached hydrogen (secondary N) is 2. The van der Waals surface area contributed by atoms with Gasteiger partial charge in [-0.15, -0.1) is 10.2 Å². The van der Waals surface area contributed by atoms with E-state index in [-0.39, 0.29) is 0 Å². The second-order valence-corrected chi connectivity index (χ2v) is 6.37. The molecule has 28 heavy (non-hydrogen) atoms. The Kier molecular flexibility index (Phi) is 6.62. The van der Waals surface area contributed by atoms with E-state index in [9.17, 15) is 0 Å². The van der Waals surface area contributed by atoms with Crippen molar-refractivity contribution in [2.75, 3.05) is 20.7 Å². The second-order valence-electron chi connectivity index (χ2n) is 6.37. The minimum atomic E-state index is 0.516. The first-order chi connectivity index (χ1) is 13.7. The van der Waals surface area contributed by atoms with Gasteiger partial charge in [0.05, 0.1) is 13.7 Å². The summed E-state index contributed by atoms with van der Waals surface area (Å²) < 4.78 is 7.40. The highest BCUT2D eigenvalue weighted by Gasteiger charge is 2.08. The normalized spacial score (nSPS) is 11.3. The van der Waals surface area contributed by atoms with Crippen LogP contribution in [0.3, 0.4) is 0 Å². The highest BCUT2D eigenvalue weighted by molar-refractivity contribution is 5.79. The number of methoxy groups -OCH3 is 1. The van der Waals surface area contributed by atoms with Crippen LogP contribution >= 0.6 is 0 Å². The molecule has 3 rings (SSSR count). The van der Waals surface area contributed by atoms with Crippen LogP contribution in [-0.4, -0.2) is 41.4 Å². The molecule has 0 aliphatic carbocycles.